The summed E-state index contributed by atoms with van der Waals surface area (Å²) >= 11 is 0. The summed E-state index contributed by atoms with van der Waals surface area (Å²) in [5.74, 6) is -4.10. The molecule has 1 aromatic carbocycles. The third-order valence-electron chi connectivity index (χ3n) is 2.35. The van der Waals surface area contributed by atoms with Gasteiger partial charge in [-0.3, -0.25) is 0 Å². The molecule has 0 aliphatic carbocycles. The summed E-state index contributed by atoms with van der Waals surface area (Å²) in [5, 5.41) is 11.2. The van der Waals surface area contributed by atoms with Crippen LogP contribution in [-0.4, -0.2) is 37.2 Å². The summed E-state index contributed by atoms with van der Waals surface area (Å²) in [7, 11) is 2.22. The molecule has 0 aromatic heterocycles. The summed E-state index contributed by atoms with van der Waals surface area (Å²) in [6, 6.07) is 3.13. The minimum atomic E-state index is -1.42. The van der Waals surface area contributed by atoms with Gasteiger partial charge in [-0.15, -0.1) is 0 Å². The highest BCUT2D eigenvalue weighted by Crippen LogP contribution is 2.17. The van der Waals surface area contributed by atoms with Gasteiger partial charge < -0.3 is 19.9 Å². The van der Waals surface area contributed by atoms with Crippen LogP contribution in [0.3, 0.4) is 0 Å². The van der Waals surface area contributed by atoms with Gasteiger partial charge in [-0.1, -0.05) is 0 Å². The molecular formula is C13H12FNO6. The van der Waals surface area contributed by atoms with Crippen LogP contribution >= 0.6 is 0 Å². The minimum Gasteiger partial charge on any atom is -0.478 e. The van der Waals surface area contributed by atoms with Gasteiger partial charge in [0.2, 0.25) is 0 Å². The summed E-state index contributed by atoms with van der Waals surface area (Å²) in [4.78, 5) is 33.3. The Morgan fingerprint density at radius 1 is 1.24 bits per heavy atom. The number of hydrogen-bond donors (Lipinski definition) is 2. The number of carbonyl (C=O) groups excluding carboxylic acids is 2. The number of hydrogen-bond acceptors (Lipinski definition) is 6. The smallest absolute Gasteiger partial charge is 0.354 e. The van der Waals surface area contributed by atoms with Gasteiger partial charge in [0.05, 0.1) is 25.9 Å². The Hall–Kier alpha value is -2.90. The Labute approximate surface area is 119 Å². The van der Waals surface area contributed by atoms with Crippen molar-refractivity contribution in [1.29, 1.82) is 0 Å². The second-order valence-electron chi connectivity index (χ2n) is 3.70. The van der Waals surface area contributed by atoms with Crippen molar-refractivity contribution in [3.8, 4) is 0 Å². The molecular weight excluding hydrogens is 285 g/mol. The van der Waals surface area contributed by atoms with Crippen LogP contribution < -0.4 is 5.32 Å². The van der Waals surface area contributed by atoms with Crippen molar-refractivity contribution in [2.24, 2.45) is 0 Å². The van der Waals surface area contributed by atoms with E-state index < -0.39 is 29.3 Å². The monoisotopic (exact) mass is 297 g/mol. The average Bonchev–Trinajstić information content (AvgIpc) is 2.45. The lowest BCUT2D eigenvalue weighted by molar-refractivity contribution is -0.138. The van der Waals surface area contributed by atoms with E-state index >= 15 is 0 Å². The first-order chi connectivity index (χ1) is 9.88. The fourth-order valence-electron chi connectivity index (χ4n) is 1.35. The summed E-state index contributed by atoms with van der Waals surface area (Å²) in [6.07, 6.45) is 0.828. The molecule has 0 atom stereocenters. The standard InChI is InChI=1S/C13H12FNO6/c1-20-11(16)6-10(13(19)21-2)15-7-3-4-8(12(17)18)9(14)5-7/h3-6,15H,1-2H3,(H,17,18)/b10-6+. The Balaban J connectivity index is 3.07. The Bertz CT molecular complexity index is 611. The number of methoxy groups -OCH3 is 2. The number of halogens is 1. The van der Waals surface area contributed by atoms with Gasteiger partial charge in [-0.05, 0) is 18.2 Å². The van der Waals surface area contributed by atoms with Gasteiger partial charge in [0.15, 0.2) is 0 Å². The molecule has 0 aliphatic rings. The van der Waals surface area contributed by atoms with Gasteiger partial charge in [-0.25, -0.2) is 18.8 Å². The van der Waals surface area contributed by atoms with Gasteiger partial charge in [0.25, 0.3) is 0 Å². The Morgan fingerprint density at radius 3 is 2.38 bits per heavy atom. The van der Waals surface area contributed by atoms with E-state index in [1.54, 1.807) is 0 Å². The zero-order valence-corrected chi connectivity index (χ0v) is 11.2. The molecule has 112 valence electrons. The molecule has 1 rings (SSSR count). The van der Waals surface area contributed by atoms with Crippen LogP contribution in [0.1, 0.15) is 10.4 Å². The highest BCUT2D eigenvalue weighted by Gasteiger charge is 2.15. The molecule has 0 heterocycles. The molecule has 21 heavy (non-hydrogen) atoms. The molecule has 0 unspecified atom stereocenters. The van der Waals surface area contributed by atoms with E-state index in [0.717, 1.165) is 32.4 Å². The quantitative estimate of drug-likeness (QED) is 0.621. The van der Waals surface area contributed by atoms with Crippen LogP contribution in [0, 0.1) is 5.82 Å². The first kappa shape index (κ1) is 16.2. The minimum absolute atomic E-state index is 0.0676. The molecule has 2 N–H and O–H groups in total. The van der Waals surface area contributed by atoms with Crippen LogP contribution in [0.5, 0.6) is 0 Å². The molecule has 7 nitrogen and oxygen atoms in total. The highest BCUT2D eigenvalue weighted by atomic mass is 19.1. The van der Waals surface area contributed by atoms with Crippen molar-refractivity contribution >= 4 is 23.6 Å². The van der Waals surface area contributed by atoms with Crippen molar-refractivity contribution in [2.45, 2.75) is 0 Å². The molecule has 0 saturated carbocycles. The predicted octanol–water partition coefficient (Wildman–Crippen LogP) is 1.17. The largest absolute Gasteiger partial charge is 0.478 e. The van der Waals surface area contributed by atoms with Crippen molar-refractivity contribution in [3.63, 3.8) is 0 Å². The van der Waals surface area contributed by atoms with Crippen LogP contribution in [0.2, 0.25) is 0 Å². The fraction of sp³-hybridized carbons (Fsp3) is 0.154. The lowest BCUT2D eigenvalue weighted by atomic mass is 10.2. The Kier molecular flexibility index (Phi) is 5.41. The van der Waals surface area contributed by atoms with E-state index in [0.29, 0.717) is 0 Å². The van der Waals surface area contributed by atoms with Gasteiger partial charge in [0.1, 0.15) is 11.5 Å². The zero-order chi connectivity index (χ0) is 16.0. The molecule has 0 radical (unpaired) electrons. The van der Waals surface area contributed by atoms with Gasteiger partial charge in [-0.2, -0.15) is 0 Å². The van der Waals surface area contributed by atoms with Gasteiger partial charge in [0, 0.05) is 5.69 Å². The zero-order valence-electron chi connectivity index (χ0n) is 11.2. The second-order valence-corrected chi connectivity index (χ2v) is 3.70. The first-order valence-corrected chi connectivity index (χ1v) is 5.57. The first-order valence-electron chi connectivity index (χ1n) is 5.57. The van der Waals surface area contributed by atoms with Crippen LogP contribution in [-0.2, 0) is 19.1 Å². The van der Waals surface area contributed by atoms with Crippen LogP contribution in [0.4, 0.5) is 10.1 Å². The Morgan fingerprint density at radius 2 is 1.90 bits per heavy atom. The maximum absolute atomic E-state index is 13.5. The molecule has 0 amide bonds. The SMILES string of the molecule is COC(=O)/C=C(/Nc1ccc(C(=O)O)c(F)c1)C(=O)OC. The highest BCUT2D eigenvalue weighted by molar-refractivity contribution is 5.98. The lowest BCUT2D eigenvalue weighted by Gasteiger charge is -2.09. The third-order valence-corrected chi connectivity index (χ3v) is 2.35. The number of rotatable bonds is 5. The van der Waals surface area contributed by atoms with E-state index in [-0.39, 0.29) is 11.4 Å². The van der Waals surface area contributed by atoms with Gasteiger partial charge >= 0.3 is 17.9 Å². The number of carbonyl (C=O) groups is 3. The molecule has 0 fully saturated rings. The van der Waals surface area contributed by atoms with Crippen molar-refractivity contribution in [2.75, 3.05) is 19.5 Å². The maximum atomic E-state index is 13.5. The fourth-order valence-corrected chi connectivity index (χ4v) is 1.35. The van der Waals surface area contributed by atoms with Crippen molar-refractivity contribution in [3.05, 3.63) is 41.4 Å². The average molecular weight is 297 g/mol. The second kappa shape index (κ2) is 7.04. The van der Waals surface area contributed by atoms with E-state index in [9.17, 15) is 18.8 Å². The molecule has 0 spiro atoms. The number of carboxylic acid groups (broad SMARTS) is 1. The normalized spacial score (nSPS) is 10.7. The van der Waals surface area contributed by atoms with Crippen LogP contribution in [0.25, 0.3) is 0 Å². The topological polar surface area (TPSA) is 102 Å². The summed E-state index contributed by atoms with van der Waals surface area (Å²) in [6.45, 7) is 0. The number of nitrogens with one attached hydrogen (secondary N) is 1. The molecule has 0 bridgehead atoms. The van der Waals surface area contributed by atoms with E-state index in [1.807, 2.05) is 0 Å². The van der Waals surface area contributed by atoms with Crippen molar-refractivity contribution < 1.29 is 33.4 Å². The number of benzene rings is 1. The van der Waals surface area contributed by atoms with E-state index in [1.165, 1.54) is 6.07 Å². The number of carboxylic acids is 1. The summed E-state index contributed by atoms with van der Waals surface area (Å²) in [5.41, 5.74) is -0.734. The van der Waals surface area contributed by atoms with E-state index in [2.05, 4.69) is 14.8 Å². The number of ether oxygens (including phenoxy) is 2. The number of anilines is 1. The predicted molar refractivity (Wildman–Crippen MR) is 69.1 cm³/mol. The van der Waals surface area contributed by atoms with Crippen molar-refractivity contribution in [1.82, 2.24) is 0 Å². The summed E-state index contributed by atoms with van der Waals surface area (Å²) < 4.78 is 22.3. The maximum Gasteiger partial charge on any atom is 0.354 e. The van der Waals surface area contributed by atoms with E-state index in [4.69, 9.17) is 5.11 Å². The lowest BCUT2D eigenvalue weighted by Crippen LogP contribution is -2.15. The molecule has 8 heteroatoms. The third kappa shape index (κ3) is 4.30. The molecule has 0 aliphatic heterocycles. The number of aromatic carboxylic acids is 1. The molecule has 0 saturated heterocycles. The van der Waals surface area contributed by atoms with Crippen LogP contribution in [0.15, 0.2) is 30.0 Å². The molecule has 1 aromatic rings. The number of esters is 2.